The number of hydrogen-bond donors (Lipinski definition) is 2. The first kappa shape index (κ1) is 15.4. The summed E-state index contributed by atoms with van der Waals surface area (Å²) in [5, 5.41) is 12.7. The average molecular weight is 266 g/mol. The van der Waals surface area contributed by atoms with Gasteiger partial charge in [-0.2, -0.15) is 0 Å². The molecule has 5 heteroatoms. The van der Waals surface area contributed by atoms with Crippen molar-refractivity contribution < 1.29 is 14.6 Å². The maximum absolute atomic E-state index is 12.0. The standard InChI is InChI=1S/C14H22N2O3/c1-4-10(5-2)12(17)8-16-14(18)11-6-7-15-9-13(11)19-3/h6-7,9-10,12,17H,4-5,8H2,1-3H3,(H,16,18). The molecular weight excluding hydrogens is 244 g/mol. The van der Waals surface area contributed by atoms with E-state index in [1.54, 1.807) is 6.07 Å². The van der Waals surface area contributed by atoms with E-state index in [1.165, 1.54) is 19.5 Å². The molecule has 0 saturated carbocycles. The van der Waals surface area contributed by atoms with Crippen LogP contribution in [0.4, 0.5) is 0 Å². The molecule has 0 aliphatic heterocycles. The van der Waals surface area contributed by atoms with E-state index < -0.39 is 6.10 Å². The predicted molar refractivity (Wildman–Crippen MR) is 73.2 cm³/mol. The van der Waals surface area contributed by atoms with Gasteiger partial charge in [0.2, 0.25) is 0 Å². The lowest BCUT2D eigenvalue weighted by Gasteiger charge is -2.20. The molecule has 0 spiro atoms. The number of ether oxygens (including phenoxy) is 1. The molecule has 0 bridgehead atoms. The second kappa shape index (κ2) is 7.74. The Labute approximate surface area is 114 Å². The monoisotopic (exact) mass is 266 g/mol. The van der Waals surface area contributed by atoms with E-state index in [-0.39, 0.29) is 18.4 Å². The molecule has 19 heavy (non-hydrogen) atoms. The van der Waals surface area contributed by atoms with Gasteiger partial charge in [0.15, 0.2) is 0 Å². The van der Waals surface area contributed by atoms with Gasteiger partial charge in [-0.05, 0) is 12.0 Å². The van der Waals surface area contributed by atoms with Crippen LogP contribution in [0.3, 0.4) is 0 Å². The fraction of sp³-hybridized carbons (Fsp3) is 0.571. The van der Waals surface area contributed by atoms with Crippen LogP contribution in [0.1, 0.15) is 37.0 Å². The van der Waals surface area contributed by atoms with Crippen molar-refractivity contribution in [2.24, 2.45) is 5.92 Å². The van der Waals surface area contributed by atoms with Crippen molar-refractivity contribution in [3.05, 3.63) is 24.0 Å². The Morgan fingerprint density at radius 2 is 2.16 bits per heavy atom. The van der Waals surface area contributed by atoms with Gasteiger partial charge in [0, 0.05) is 12.7 Å². The number of rotatable bonds is 7. The molecule has 1 heterocycles. The molecule has 0 aromatic carbocycles. The van der Waals surface area contributed by atoms with E-state index in [4.69, 9.17) is 4.74 Å². The van der Waals surface area contributed by atoms with Crippen molar-refractivity contribution in [1.82, 2.24) is 10.3 Å². The van der Waals surface area contributed by atoms with Crippen LogP contribution in [0.2, 0.25) is 0 Å². The van der Waals surface area contributed by atoms with Gasteiger partial charge >= 0.3 is 0 Å². The van der Waals surface area contributed by atoms with Crippen LogP contribution in [-0.2, 0) is 0 Å². The van der Waals surface area contributed by atoms with Crippen molar-refractivity contribution in [2.45, 2.75) is 32.8 Å². The number of nitrogens with zero attached hydrogens (tertiary/aromatic N) is 1. The van der Waals surface area contributed by atoms with Crippen molar-refractivity contribution in [2.75, 3.05) is 13.7 Å². The van der Waals surface area contributed by atoms with E-state index in [9.17, 15) is 9.90 Å². The Morgan fingerprint density at radius 1 is 1.47 bits per heavy atom. The second-order valence-electron chi connectivity index (χ2n) is 4.43. The lowest BCUT2D eigenvalue weighted by molar-refractivity contribution is 0.0814. The number of aliphatic hydroxyl groups excluding tert-OH is 1. The summed E-state index contributed by atoms with van der Waals surface area (Å²) < 4.78 is 5.08. The number of pyridine rings is 1. The Hall–Kier alpha value is -1.62. The summed E-state index contributed by atoms with van der Waals surface area (Å²) in [6, 6.07) is 1.59. The minimum atomic E-state index is -0.521. The second-order valence-corrected chi connectivity index (χ2v) is 4.43. The van der Waals surface area contributed by atoms with Crippen LogP contribution < -0.4 is 10.1 Å². The highest BCUT2D eigenvalue weighted by Gasteiger charge is 2.18. The van der Waals surface area contributed by atoms with Crippen molar-refractivity contribution in [1.29, 1.82) is 0 Å². The molecule has 1 unspecified atom stereocenters. The van der Waals surface area contributed by atoms with Crippen molar-refractivity contribution >= 4 is 5.91 Å². The number of aliphatic hydroxyl groups is 1. The van der Waals surface area contributed by atoms with Crippen LogP contribution in [0, 0.1) is 5.92 Å². The van der Waals surface area contributed by atoms with Crippen LogP contribution in [0.5, 0.6) is 5.75 Å². The van der Waals surface area contributed by atoms with Crippen LogP contribution in [-0.4, -0.2) is 35.8 Å². The molecule has 1 aromatic heterocycles. The average Bonchev–Trinajstić information content (AvgIpc) is 2.45. The smallest absolute Gasteiger partial charge is 0.255 e. The zero-order valence-corrected chi connectivity index (χ0v) is 11.7. The third-order valence-electron chi connectivity index (χ3n) is 3.31. The molecule has 1 aromatic rings. The Balaban J connectivity index is 2.60. The highest BCUT2D eigenvalue weighted by atomic mass is 16.5. The van der Waals surface area contributed by atoms with Gasteiger partial charge in [0.1, 0.15) is 5.75 Å². The minimum absolute atomic E-state index is 0.208. The highest BCUT2D eigenvalue weighted by molar-refractivity contribution is 5.96. The molecule has 0 fully saturated rings. The zero-order chi connectivity index (χ0) is 14.3. The number of carbonyl (C=O) groups excluding carboxylic acids is 1. The quantitative estimate of drug-likeness (QED) is 0.786. The Morgan fingerprint density at radius 3 is 2.74 bits per heavy atom. The molecule has 106 valence electrons. The normalized spacial score (nSPS) is 12.3. The largest absolute Gasteiger partial charge is 0.494 e. The van der Waals surface area contributed by atoms with Gasteiger partial charge in [-0.1, -0.05) is 26.7 Å². The van der Waals surface area contributed by atoms with Gasteiger partial charge in [-0.15, -0.1) is 0 Å². The molecule has 5 nitrogen and oxygen atoms in total. The maximum atomic E-state index is 12.0. The van der Waals surface area contributed by atoms with Gasteiger partial charge in [0.25, 0.3) is 5.91 Å². The van der Waals surface area contributed by atoms with Crippen molar-refractivity contribution in [3.8, 4) is 5.75 Å². The van der Waals surface area contributed by atoms with Gasteiger partial charge in [0.05, 0.1) is 25.0 Å². The molecule has 0 saturated heterocycles. The summed E-state index contributed by atoms with van der Waals surface area (Å²) in [4.78, 5) is 15.9. The third-order valence-corrected chi connectivity index (χ3v) is 3.31. The molecule has 0 radical (unpaired) electrons. The number of nitrogens with one attached hydrogen (secondary N) is 1. The molecular formula is C14H22N2O3. The maximum Gasteiger partial charge on any atom is 0.255 e. The van der Waals surface area contributed by atoms with E-state index in [0.717, 1.165) is 12.8 Å². The van der Waals surface area contributed by atoms with E-state index >= 15 is 0 Å². The number of hydrogen-bond acceptors (Lipinski definition) is 4. The molecule has 2 N–H and O–H groups in total. The summed E-state index contributed by atoms with van der Waals surface area (Å²) in [6.45, 7) is 4.31. The van der Waals surface area contributed by atoms with Gasteiger partial charge in [-0.25, -0.2) is 0 Å². The lowest BCUT2D eigenvalue weighted by atomic mass is 9.96. The highest BCUT2D eigenvalue weighted by Crippen LogP contribution is 2.16. The zero-order valence-electron chi connectivity index (χ0n) is 11.7. The number of methoxy groups -OCH3 is 1. The Bertz CT molecular complexity index is 405. The molecule has 0 aliphatic carbocycles. The summed E-state index contributed by atoms with van der Waals surface area (Å²) in [5.41, 5.74) is 0.425. The fourth-order valence-electron chi connectivity index (χ4n) is 2.02. The third kappa shape index (κ3) is 4.21. The molecule has 1 atom stereocenters. The predicted octanol–water partition coefficient (Wildman–Crippen LogP) is 1.62. The van der Waals surface area contributed by atoms with E-state index in [1.807, 2.05) is 13.8 Å². The summed E-state index contributed by atoms with van der Waals surface area (Å²) >= 11 is 0. The first-order chi connectivity index (χ1) is 9.13. The lowest BCUT2D eigenvalue weighted by Crippen LogP contribution is -2.36. The van der Waals surface area contributed by atoms with Crippen LogP contribution >= 0.6 is 0 Å². The molecule has 0 aliphatic rings. The SMILES string of the molecule is CCC(CC)C(O)CNC(=O)c1ccncc1OC. The topological polar surface area (TPSA) is 71.5 Å². The summed E-state index contributed by atoms with van der Waals surface area (Å²) in [5.74, 6) is 0.376. The van der Waals surface area contributed by atoms with Crippen molar-refractivity contribution in [3.63, 3.8) is 0 Å². The first-order valence-electron chi connectivity index (χ1n) is 6.58. The summed E-state index contributed by atoms with van der Waals surface area (Å²) in [6.07, 6.45) is 4.30. The number of carbonyl (C=O) groups is 1. The van der Waals surface area contributed by atoms with Crippen LogP contribution in [0.15, 0.2) is 18.5 Å². The Kier molecular flexibility index (Phi) is 6.29. The number of aromatic nitrogens is 1. The molecule has 1 amide bonds. The minimum Gasteiger partial charge on any atom is -0.494 e. The van der Waals surface area contributed by atoms with Gasteiger partial charge < -0.3 is 15.2 Å². The number of amides is 1. The first-order valence-corrected chi connectivity index (χ1v) is 6.58. The van der Waals surface area contributed by atoms with E-state index in [0.29, 0.717) is 11.3 Å². The van der Waals surface area contributed by atoms with Crippen LogP contribution in [0.25, 0.3) is 0 Å². The van der Waals surface area contributed by atoms with Gasteiger partial charge in [-0.3, -0.25) is 9.78 Å². The fourth-order valence-corrected chi connectivity index (χ4v) is 2.02. The van der Waals surface area contributed by atoms with E-state index in [2.05, 4.69) is 10.3 Å². The summed E-state index contributed by atoms with van der Waals surface area (Å²) in [7, 11) is 1.49. The molecule has 1 rings (SSSR count).